The summed E-state index contributed by atoms with van der Waals surface area (Å²) >= 11 is 0. The van der Waals surface area contributed by atoms with Crippen molar-refractivity contribution < 1.29 is 24.1 Å². The lowest BCUT2D eigenvalue weighted by atomic mass is 9.91. The Morgan fingerprint density at radius 3 is 2.47 bits per heavy atom. The molecule has 168 valence electrons. The summed E-state index contributed by atoms with van der Waals surface area (Å²) in [6.45, 7) is 7.85. The van der Waals surface area contributed by atoms with Crippen LogP contribution in [0.15, 0.2) is 45.8 Å². The van der Waals surface area contributed by atoms with Gasteiger partial charge in [0, 0.05) is 12.7 Å². The van der Waals surface area contributed by atoms with Crippen LogP contribution in [0.2, 0.25) is 0 Å². The smallest absolute Gasteiger partial charge is 0.204 e. The van der Waals surface area contributed by atoms with E-state index < -0.39 is 5.60 Å². The number of phenols is 2. The quantitative estimate of drug-likeness (QED) is 0.556. The monoisotopic (exact) mass is 436 g/mol. The maximum Gasteiger partial charge on any atom is 0.204 e. The highest BCUT2D eigenvalue weighted by Crippen LogP contribution is 2.45. The summed E-state index contributed by atoms with van der Waals surface area (Å²) in [6, 6.07) is 6.28. The zero-order chi connectivity index (χ0) is 23.3. The predicted molar refractivity (Wildman–Crippen MR) is 124 cm³/mol. The second-order valence-electron chi connectivity index (χ2n) is 9.30. The third kappa shape index (κ3) is 3.86. The van der Waals surface area contributed by atoms with Crippen molar-refractivity contribution in [2.45, 2.75) is 51.7 Å². The van der Waals surface area contributed by atoms with Gasteiger partial charge in [-0.25, -0.2) is 0 Å². The van der Waals surface area contributed by atoms with Crippen molar-refractivity contribution >= 4 is 17.0 Å². The molecule has 2 aromatic carbocycles. The minimum absolute atomic E-state index is 0.101. The molecule has 6 heteroatoms. The van der Waals surface area contributed by atoms with Crippen LogP contribution < -0.4 is 10.2 Å². The van der Waals surface area contributed by atoms with E-state index in [1.54, 1.807) is 25.3 Å². The van der Waals surface area contributed by atoms with Crippen LogP contribution in [0.5, 0.6) is 17.2 Å². The van der Waals surface area contributed by atoms with Crippen LogP contribution in [-0.4, -0.2) is 28.5 Å². The molecule has 4 rings (SSSR count). The molecule has 2 heterocycles. The van der Waals surface area contributed by atoms with Gasteiger partial charge in [-0.15, -0.1) is 0 Å². The molecule has 0 bridgehead atoms. The number of rotatable bonds is 5. The van der Waals surface area contributed by atoms with Gasteiger partial charge >= 0.3 is 0 Å². The van der Waals surface area contributed by atoms with E-state index in [4.69, 9.17) is 13.9 Å². The summed E-state index contributed by atoms with van der Waals surface area (Å²) in [5, 5.41) is 20.8. The third-order valence-electron chi connectivity index (χ3n) is 6.00. The molecule has 6 nitrogen and oxygen atoms in total. The van der Waals surface area contributed by atoms with E-state index in [1.807, 2.05) is 33.8 Å². The van der Waals surface area contributed by atoms with Crippen molar-refractivity contribution in [3.05, 3.63) is 58.0 Å². The van der Waals surface area contributed by atoms with E-state index in [0.717, 1.165) is 5.56 Å². The number of methoxy groups -OCH3 is 1. The molecule has 1 aliphatic heterocycles. The number of hydrogen-bond donors (Lipinski definition) is 2. The van der Waals surface area contributed by atoms with Gasteiger partial charge in [-0.1, -0.05) is 12.1 Å². The van der Waals surface area contributed by atoms with Gasteiger partial charge < -0.3 is 24.1 Å². The van der Waals surface area contributed by atoms with Crippen molar-refractivity contribution in [3.63, 3.8) is 0 Å². The molecule has 0 unspecified atom stereocenters. The summed E-state index contributed by atoms with van der Waals surface area (Å²) in [7, 11) is 1.66. The van der Waals surface area contributed by atoms with Gasteiger partial charge in [-0.05, 0) is 70.4 Å². The molecule has 0 atom stereocenters. The van der Waals surface area contributed by atoms with Crippen molar-refractivity contribution in [1.82, 2.24) is 0 Å². The maximum absolute atomic E-state index is 13.5. The van der Waals surface area contributed by atoms with Crippen LogP contribution in [0, 0.1) is 0 Å². The molecule has 0 saturated carbocycles. The fourth-order valence-electron chi connectivity index (χ4n) is 3.86. The first-order valence-electron chi connectivity index (χ1n) is 10.6. The Hall–Kier alpha value is -3.25. The van der Waals surface area contributed by atoms with Crippen molar-refractivity contribution in [2.24, 2.45) is 0 Å². The van der Waals surface area contributed by atoms with Crippen LogP contribution in [-0.2, 0) is 11.2 Å². The van der Waals surface area contributed by atoms with Crippen LogP contribution in [0.3, 0.4) is 0 Å². The van der Waals surface area contributed by atoms with Gasteiger partial charge in [0.2, 0.25) is 5.43 Å². The fraction of sp³-hybridized carbons (Fsp3) is 0.346. The third-order valence-corrected chi connectivity index (χ3v) is 6.00. The molecule has 2 N–H and O–H groups in total. The van der Waals surface area contributed by atoms with E-state index in [9.17, 15) is 15.0 Å². The molecule has 0 amide bonds. The van der Waals surface area contributed by atoms with Gasteiger partial charge in [-0.3, -0.25) is 4.79 Å². The van der Waals surface area contributed by atoms with Gasteiger partial charge in [0.1, 0.15) is 40.1 Å². The van der Waals surface area contributed by atoms with Crippen molar-refractivity contribution in [3.8, 4) is 28.4 Å². The van der Waals surface area contributed by atoms with Crippen LogP contribution >= 0.6 is 0 Å². The zero-order valence-corrected chi connectivity index (χ0v) is 19.0. The van der Waals surface area contributed by atoms with E-state index in [0.29, 0.717) is 40.9 Å². The van der Waals surface area contributed by atoms with Gasteiger partial charge in [0.05, 0.1) is 16.7 Å². The van der Waals surface area contributed by atoms with Gasteiger partial charge in [0.25, 0.3) is 0 Å². The van der Waals surface area contributed by atoms with E-state index in [2.05, 4.69) is 0 Å². The highest BCUT2D eigenvalue weighted by molar-refractivity contribution is 5.95. The molecule has 0 spiro atoms. The van der Waals surface area contributed by atoms with Crippen LogP contribution in [0.1, 0.15) is 45.2 Å². The molecule has 1 aromatic heterocycles. The van der Waals surface area contributed by atoms with Crippen LogP contribution in [0.4, 0.5) is 0 Å². The zero-order valence-electron chi connectivity index (χ0n) is 19.0. The van der Waals surface area contributed by atoms with Crippen molar-refractivity contribution in [2.75, 3.05) is 7.11 Å². The van der Waals surface area contributed by atoms with Crippen molar-refractivity contribution in [1.29, 1.82) is 0 Å². The Bertz CT molecular complexity index is 1260. The Labute approximate surface area is 186 Å². The Morgan fingerprint density at radius 1 is 1.12 bits per heavy atom. The molecule has 0 aliphatic carbocycles. The minimum atomic E-state index is -0.565. The summed E-state index contributed by atoms with van der Waals surface area (Å²) in [5.74, 6) is 0.463. The highest BCUT2D eigenvalue weighted by Gasteiger charge is 2.31. The Kier molecular flexibility index (Phi) is 5.29. The predicted octanol–water partition coefficient (Wildman–Crippen LogP) is 5.41. The van der Waals surface area contributed by atoms with E-state index in [1.165, 1.54) is 18.4 Å². The molecule has 3 aromatic rings. The number of benzene rings is 2. The average molecular weight is 437 g/mol. The SMILES string of the molecule is COC(C)(C)CCc1c2c(c(O)c3c(=O)c(-c4ccc(O)cc4)coc13)C=CC(C)(C)O2. The Balaban J connectivity index is 1.98. The van der Waals surface area contributed by atoms with E-state index >= 15 is 0 Å². The molecule has 1 aliphatic rings. The lowest BCUT2D eigenvalue weighted by molar-refractivity contribution is 0.0156. The molecule has 0 saturated heterocycles. The normalized spacial score (nSPS) is 14.9. The Morgan fingerprint density at radius 2 is 1.81 bits per heavy atom. The number of aromatic hydroxyl groups is 2. The molecular weight excluding hydrogens is 408 g/mol. The summed E-state index contributed by atoms with van der Waals surface area (Å²) < 4.78 is 17.8. The first-order chi connectivity index (χ1) is 15.0. The lowest BCUT2D eigenvalue weighted by Gasteiger charge is -2.31. The largest absolute Gasteiger partial charge is 0.508 e. The first-order valence-corrected chi connectivity index (χ1v) is 10.6. The number of ether oxygens (including phenoxy) is 2. The summed E-state index contributed by atoms with van der Waals surface area (Å²) in [5.41, 5.74) is 1.10. The molecule has 32 heavy (non-hydrogen) atoms. The summed E-state index contributed by atoms with van der Waals surface area (Å²) in [4.78, 5) is 13.5. The summed E-state index contributed by atoms with van der Waals surface area (Å²) in [6.07, 6.45) is 6.25. The average Bonchev–Trinajstić information content (AvgIpc) is 2.73. The van der Waals surface area contributed by atoms with Gasteiger partial charge in [-0.2, -0.15) is 0 Å². The maximum atomic E-state index is 13.5. The first kappa shape index (κ1) is 22.0. The second-order valence-corrected chi connectivity index (χ2v) is 9.30. The number of aryl methyl sites for hydroxylation is 1. The topological polar surface area (TPSA) is 89.1 Å². The highest BCUT2D eigenvalue weighted by atomic mass is 16.5. The minimum Gasteiger partial charge on any atom is -0.508 e. The second kappa shape index (κ2) is 7.71. The number of hydrogen-bond acceptors (Lipinski definition) is 6. The number of phenolic OH excluding ortho intramolecular Hbond substituents is 2. The van der Waals surface area contributed by atoms with Gasteiger partial charge in [0.15, 0.2) is 0 Å². The standard InChI is InChI=1S/C26H28O6/c1-25(2,30-5)12-11-18-23-17(10-13-26(3,4)32-23)21(28)20-22(29)19(14-31-24(18)20)15-6-8-16(27)9-7-15/h6-10,13-14,27-28H,11-12H2,1-5H3. The molecule has 0 radical (unpaired) electrons. The van der Waals surface area contributed by atoms with Crippen LogP contribution in [0.25, 0.3) is 28.2 Å². The van der Waals surface area contributed by atoms with E-state index in [-0.39, 0.29) is 27.9 Å². The molecular formula is C26H28O6. The fourth-order valence-corrected chi connectivity index (χ4v) is 3.86. The number of fused-ring (bicyclic) bond motifs is 2. The molecule has 0 fully saturated rings. The lowest BCUT2D eigenvalue weighted by Crippen LogP contribution is -2.29.